The topological polar surface area (TPSA) is 110 Å². The lowest BCUT2D eigenvalue weighted by Gasteiger charge is -2.10. The Morgan fingerprint density at radius 1 is 1.47 bits per heavy atom. The van der Waals surface area contributed by atoms with Crippen LogP contribution in [0.3, 0.4) is 0 Å². The highest BCUT2D eigenvalue weighted by Crippen LogP contribution is 2.21. The number of nitrogens with zero attached hydrogens (tertiary/aromatic N) is 1. The Bertz CT molecular complexity index is 474. The molecule has 0 spiro atoms. The van der Waals surface area contributed by atoms with E-state index in [0.29, 0.717) is 18.2 Å². The predicted molar refractivity (Wildman–Crippen MR) is 72.7 cm³/mol. The van der Waals surface area contributed by atoms with Gasteiger partial charge >= 0.3 is 0 Å². The summed E-state index contributed by atoms with van der Waals surface area (Å²) in [6.45, 7) is 4.61. The second-order valence-corrected chi connectivity index (χ2v) is 4.57. The number of amides is 1. The quantitative estimate of drug-likeness (QED) is 0.412. The van der Waals surface area contributed by atoms with Gasteiger partial charge in [0.15, 0.2) is 0 Å². The Hall–Kier alpha value is -2.15. The van der Waals surface area contributed by atoms with E-state index in [1.165, 1.54) is 18.2 Å². The molecule has 7 nitrogen and oxygen atoms in total. The molecule has 1 aromatic carbocycles. The van der Waals surface area contributed by atoms with Crippen LogP contribution in [-0.4, -0.2) is 17.4 Å². The van der Waals surface area contributed by atoms with E-state index in [0.717, 1.165) is 6.42 Å². The number of benzene rings is 1. The summed E-state index contributed by atoms with van der Waals surface area (Å²) >= 11 is 0. The highest BCUT2D eigenvalue weighted by Gasteiger charge is 2.16. The monoisotopic (exact) mass is 266 g/mol. The summed E-state index contributed by atoms with van der Waals surface area (Å²) in [6.07, 6.45) is 0.839. The molecule has 4 N–H and O–H groups in total. The van der Waals surface area contributed by atoms with Crippen LogP contribution >= 0.6 is 0 Å². The van der Waals surface area contributed by atoms with Crippen molar-refractivity contribution in [3.63, 3.8) is 0 Å². The number of nitrogen functional groups attached to an aromatic ring is 1. The number of nitro groups is 1. The second kappa shape index (κ2) is 6.69. The number of nitrogens with two attached hydrogens (primary N) is 1. The molecule has 1 amide bonds. The van der Waals surface area contributed by atoms with Crippen molar-refractivity contribution in [2.75, 3.05) is 12.0 Å². The van der Waals surface area contributed by atoms with Crippen molar-refractivity contribution in [2.24, 2.45) is 11.8 Å². The molecular formula is C12H18N4O3. The van der Waals surface area contributed by atoms with Crippen molar-refractivity contribution < 1.29 is 9.72 Å². The number of nitro benzene ring substituents is 1. The van der Waals surface area contributed by atoms with Crippen LogP contribution in [0.25, 0.3) is 0 Å². The second-order valence-electron chi connectivity index (χ2n) is 4.57. The molecule has 0 radical (unpaired) electrons. The minimum absolute atomic E-state index is 0.145. The van der Waals surface area contributed by atoms with E-state index in [9.17, 15) is 14.9 Å². The van der Waals surface area contributed by atoms with Crippen molar-refractivity contribution in [2.45, 2.75) is 20.3 Å². The van der Waals surface area contributed by atoms with Gasteiger partial charge in [0.1, 0.15) is 0 Å². The van der Waals surface area contributed by atoms with Gasteiger partial charge in [0, 0.05) is 18.7 Å². The Balaban J connectivity index is 2.87. The molecule has 1 rings (SSSR count). The normalized spacial score (nSPS) is 10.3. The third-order valence-corrected chi connectivity index (χ3v) is 2.62. The highest BCUT2D eigenvalue weighted by molar-refractivity contribution is 6.00. The summed E-state index contributed by atoms with van der Waals surface area (Å²) in [4.78, 5) is 22.1. The van der Waals surface area contributed by atoms with Gasteiger partial charge in [-0.1, -0.05) is 13.8 Å². The third kappa shape index (κ3) is 4.22. The summed E-state index contributed by atoms with van der Waals surface area (Å²) in [7, 11) is 0. The smallest absolute Gasteiger partial charge is 0.270 e. The molecule has 0 aromatic heterocycles. The van der Waals surface area contributed by atoms with Crippen LogP contribution in [-0.2, 0) is 0 Å². The van der Waals surface area contributed by atoms with Crippen LogP contribution in [0.15, 0.2) is 18.2 Å². The van der Waals surface area contributed by atoms with Crippen LogP contribution in [0.5, 0.6) is 0 Å². The molecular weight excluding hydrogens is 248 g/mol. The fourth-order valence-electron chi connectivity index (χ4n) is 1.53. The Labute approximate surface area is 111 Å². The van der Waals surface area contributed by atoms with Gasteiger partial charge in [-0.2, -0.15) is 0 Å². The SMILES string of the molecule is CC(C)CCNC(=O)c1cc([N+](=O)[O-])ccc1NN. The Kier molecular flexibility index (Phi) is 5.25. The largest absolute Gasteiger partial charge is 0.352 e. The van der Waals surface area contributed by atoms with E-state index in [-0.39, 0.29) is 17.2 Å². The zero-order chi connectivity index (χ0) is 14.4. The van der Waals surface area contributed by atoms with Crippen molar-refractivity contribution in [1.29, 1.82) is 0 Å². The zero-order valence-electron chi connectivity index (χ0n) is 11.0. The average Bonchev–Trinajstić information content (AvgIpc) is 2.37. The molecule has 1 aromatic rings. The Morgan fingerprint density at radius 3 is 2.68 bits per heavy atom. The van der Waals surface area contributed by atoms with Crippen molar-refractivity contribution in [3.05, 3.63) is 33.9 Å². The van der Waals surface area contributed by atoms with Crippen LogP contribution < -0.4 is 16.6 Å². The van der Waals surface area contributed by atoms with Crippen molar-refractivity contribution >= 4 is 17.3 Å². The first-order valence-corrected chi connectivity index (χ1v) is 5.99. The predicted octanol–water partition coefficient (Wildman–Crippen LogP) is 1.66. The van der Waals surface area contributed by atoms with E-state index < -0.39 is 4.92 Å². The number of carbonyl (C=O) groups excluding carboxylic acids is 1. The molecule has 0 atom stereocenters. The molecule has 0 aliphatic heterocycles. The van der Waals surface area contributed by atoms with E-state index in [2.05, 4.69) is 10.7 Å². The summed E-state index contributed by atoms with van der Waals surface area (Å²) in [6, 6.07) is 3.91. The first-order valence-electron chi connectivity index (χ1n) is 5.99. The van der Waals surface area contributed by atoms with Crippen LogP contribution in [0.1, 0.15) is 30.6 Å². The number of anilines is 1. The number of carbonyl (C=O) groups is 1. The fourth-order valence-corrected chi connectivity index (χ4v) is 1.53. The van der Waals surface area contributed by atoms with Gasteiger partial charge in [0.05, 0.1) is 16.2 Å². The zero-order valence-corrected chi connectivity index (χ0v) is 11.0. The third-order valence-electron chi connectivity index (χ3n) is 2.62. The van der Waals surface area contributed by atoms with Gasteiger partial charge in [-0.3, -0.25) is 20.8 Å². The summed E-state index contributed by atoms with van der Waals surface area (Å²) < 4.78 is 0. The van der Waals surface area contributed by atoms with Gasteiger partial charge in [-0.25, -0.2) is 0 Å². The van der Waals surface area contributed by atoms with Crippen LogP contribution in [0.4, 0.5) is 11.4 Å². The molecule has 7 heteroatoms. The molecule has 0 aliphatic rings. The highest BCUT2D eigenvalue weighted by atomic mass is 16.6. The maximum Gasteiger partial charge on any atom is 0.270 e. The molecule has 0 bridgehead atoms. The van der Waals surface area contributed by atoms with Gasteiger partial charge in [0.25, 0.3) is 11.6 Å². The first kappa shape index (κ1) is 14.9. The molecule has 0 fully saturated rings. The number of nitrogens with one attached hydrogen (secondary N) is 2. The lowest BCUT2D eigenvalue weighted by atomic mass is 10.1. The maximum atomic E-state index is 12.0. The molecule has 104 valence electrons. The average molecular weight is 266 g/mol. The molecule has 19 heavy (non-hydrogen) atoms. The van der Waals surface area contributed by atoms with Gasteiger partial charge in [-0.05, 0) is 18.4 Å². The minimum Gasteiger partial charge on any atom is -0.352 e. The fraction of sp³-hybridized carbons (Fsp3) is 0.417. The van der Waals surface area contributed by atoms with Crippen LogP contribution in [0.2, 0.25) is 0 Å². The van der Waals surface area contributed by atoms with Gasteiger partial charge < -0.3 is 10.7 Å². The lowest BCUT2D eigenvalue weighted by Crippen LogP contribution is -2.27. The van der Waals surface area contributed by atoms with E-state index >= 15 is 0 Å². The summed E-state index contributed by atoms with van der Waals surface area (Å²) in [5.74, 6) is 5.38. The molecule has 0 heterocycles. The number of hydrazine groups is 1. The number of hydrogen-bond acceptors (Lipinski definition) is 5. The van der Waals surface area contributed by atoms with Crippen LogP contribution in [0, 0.1) is 16.0 Å². The first-order chi connectivity index (χ1) is 8.95. The number of non-ortho nitro benzene ring substituents is 1. The lowest BCUT2D eigenvalue weighted by molar-refractivity contribution is -0.384. The number of hydrogen-bond donors (Lipinski definition) is 3. The molecule has 0 saturated carbocycles. The minimum atomic E-state index is -0.550. The van der Waals surface area contributed by atoms with E-state index in [4.69, 9.17) is 5.84 Å². The van der Waals surface area contributed by atoms with Crippen molar-refractivity contribution in [3.8, 4) is 0 Å². The molecule has 0 aliphatic carbocycles. The van der Waals surface area contributed by atoms with E-state index in [1.807, 2.05) is 13.8 Å². The van der Waals surface area contributed by atoms with Gasteiger partial charge in [-0.15, -0.1) is 0 Å². The van der Waals surface area contributed by atoms with Crippen molar-refractivity contribution in [1.82, 2.24) is 5.32 Å². The number of rotatable bonds is 6. The molecule has 0 unspecified atom stereocenters. The van der Waals surface area contributed by atoms with E-state index in [1.54, 1.807) is 0 Å². The molecule has 0 saturated heterocycles. The maximum absolute atomic E-state index is 12.0. The summed E-state index contributed by atoms with van der Waals surface area (Å²) in [5.41, 5.74) is 2.73. The van der Waals surface area contributed by atoms with Gasteiger partial charge in [0.2, 0.25) is 0 Å². The Morgan fingerprint density at radius 2 is 2.16 bits per heavy atom. The standard InChI is InChI=1S/C12H18N4O3/c1-8(2)5-6-14-12(17)10-7-9(16(18)19)3-4-11(10)15-13/h3-4,7-8,15H,5-6,13H2,1-2H3,(H,14,17). The summed E-state index contributed by atoms with van der Waals surface area (Å²) in [5, 5.41) is 13.4.